The van der Waals surface area contributed by atoms with Crippen LogP contribution in [0.3, 0.4) is 0 Å². The van der Waals surface area contributed by atoms with Gasteiger partial charge in [-0.1, -0.05) is 47.6 Å². The topological polar surface area (TPSA) is 105 Å². The summed E-state index contributed by atoms with van der Waals surface area (Å²) in [6.07, 6.45) is 2.05. The lowest BCUT2D eigenvalue weighted by Gasteiger charge is -2.31. The Labute approximate surface area is 194 Å². The van der Waals surface area contributed by atoms with E-state index in [1.165, 1.54) is 4.31 Å². The quantitative estimate of drug-likeness (QED) is 0.571. The third-order valence-electron chi connectivity index (χ3n) is 5.90. The fourth-order valence-corrected chi connectivity index (χ4v) is 5.84. The normalized spacial score (nSPS) is 17.1. The SMILES string of the molecule is Cc1nc(-c2ccc(C)c(S(=O)(=O)N3CCCC(C(=O)NCCc4ccccc4)C3)c2)no1. The van der Waals surface area contributed by atoms with Gasteiger partial charge >= 0.3 is 0 Å². The number of sulfonamides is 1. The summed E-state index contributed by atoms with van der Waals surface area (Å²) in [4.78, 5) is 17.1. The van der Waals surface area contributed by atoms with Crippen molar-refractivity contribution in [3.05, 3.63) is 65.5 Å². The van der Waals surface area contributed by atoms with Crippen LogP contribution in [0.2, 0.25) is 0 Å². The molecule has 1 fully saturated rings. The Morgan fingerprint density at radius 2 is 1.97 bits per heavy atom. The molecule has 4 rings (SSSR count). The summed E-state index contributed by atoms with van der Waals surface area (Å²) in [6.45, 7) is 4.53. The van der Waals surface area contributed by atoms with Crippen molar-refractivity contribution in [2.24, 2.45) is 5.92 Å². The fourth-order valence-electron chi connectivity index (χ4n) is 4.07. The number of aromatic nitrogens is 2. The number of carbonyl (C=O) groups is 1. The Kier molecular flexibility index (Phi) is 6.90. The molecule has 1 saturated heterocycles. The fraction of sp³-hybridized carbons (Fsp3) is 0.375. The van der Waals surface area contributed by atoms with Crippen LogP contribution in [0.5, 0.6) is 0 Å². The first kappa shape index (κ1) is 23.1. The van der Waals surface area contributed by atoms with E-state index in [-0.39, 0.29) is 23.3 Å². The second-order valence-corrected chi connectivity index (χ2v) is 10.3. The van der Waals surface area contributed by atoms with Crippen LogP contribution in [0.4, 0.5) is 0 Å². The van der Waals surface area contributed by atoms with Crippen LogP contribution < -0.4 is 5.32 Å². The Balaban J connectivity index is 1.45. The molecule has 1 amide bonds. The molecule has 1 aliphatic heterocycles. The number of carbonyl (C=O) groups excluding carboxylic acids is 1. The molecule has 1 aromatic heterocycles. The number of piperidine rings is 1. The van der Waals surface area contributed by atoms with Gasteiger partial charge in [0.25, 0.3) is 0 Å². The molecule has 8 nitrogen and oxygen atoms in total. The van der Waals surface area contributed by atoms with Crippen LogP contribution in [-0.4, -0.2) is 48.4 Å². The number of aryl methyl sites for hydroxylation is 2. The van der Waals surface area contributed by atoms with Crippen LogP contribution in [0.25, 0.3) is 11.4 Å². The zero-order valence-corrected chi connectivity index (χ0v) is 19.6. The van der Waals surface area contributed by atoms with E-state index in [0.29, 0.717) is 48.8 Å². The van der Waals surface area contributed by atoms with Gasteiger partial charge in [0.15, 0.2) is 0 Å². The second-order valence-electron chi connectivity index (χ2n) is 8.35. The third kappa shape index (κ3) is 5.31. The summed E-state index contributed by atoms with van der Waals surface area (Å²) in [5.41, 5.74) is 2.36. The molecule has 1 N–H and O–H groups in total. The van der Waals surface area contributed by atoms with Crippen LogP contribution in [-0.2, 0) is 21.2 Å². The summed E-state index contributed by atoms with van der Waals surface area (Å²) in [5, 5.41) is 6.86. The third-order valence-corrected chi connectivity index (χ3v) is 7.91. The van der Waals surface area contributed by atoms with E-state index in [1.807, 2.05) is 30.3 Å². The molecular formula is C24H28N4O4S. The minimum Gasteiger partial charge on any atom is -0.355 e. The summed E-state index contributed by atoms with van der Waals surface area (Å²) >= 11 is 0. The van der Waals surface area contributed by atoms with Crippen molar-refractivity contribution in [1.29, 1.82) is 0 Å². The predicted octanol–water partition coefficient (Wildman–Crippen LogP) is 3.11. The van der Waals surface area contributed by atoms with Gasteiger partial charge in [-0.3, -0.25) is 4.79 Å². The molecule has 0 saturated carbocycles. The Hall–Kier alpha value is -3.04. The highest BCUT2D eigenvalue weighted by molar-refractivity contribution is 7.89. The zero-order chi connectivity index (χ0) is 23.4. The molecule has 3 aromatic rings. The van der Waals surface area contributed by atoms with Gasteiger partial charge in [0.05, 0.1) is 10.8 Å². The number of hydrogen-bond donors (Lipinski definition) is 1. The number of benzene rings is 2. The van der Waals surface area contributed by atoms with E-state index < -0.39 is 10.0 Å². The molecule has 0 radical (unpaired) electrons. The van der Waals surface area contributed by atoms with Crippen molar-refractivity contribution < 1.29 is 17.7 Å². The van der Waals surface area contributed by atoms with Crippen molar-refractivity contribution in [2.45, 2.75) is 38.0 Å². The van der Waals surface area contributed by atoms with Gasteiger partial charge in [0.1, 0.15) is 0 Å². The van der Waals surface area contributed by atoms with Crippen LogP contribution in [0, 0.1) is 19.8 Å². The highest BCUT2D eigenvalue weighted by Crippen LogP contribution is 2.29. The molecule has 0 spiro atoms. The van der Waals surface area contributed by atoms with E-state index in [2.05, 4.69) is 15.5 Å². The van der Waals surface area contributed by atoms with E-state index in [1.54, 1.807) is 32.0 Å². The predicted molar refractivity (Wildman–Crippen MR) is 124 cm³/mol. The van der Waals surface area contributed by atoms with Crippen LogP contribution in [0.15, 0.2) is 57.9 Å². The Morgan fingerprint density at radius 3 is 2.70 bits per heavy atom. The largest absolute Gasteiger partial charge is 0.355 e. The average Bonchev–Trinajstić information content (AvgIpc) is 3.26. The van der Waals surface area contributed by atoms with E-state index in [0.717, 1.165) is 12.0 Å². The maximum Gasteiger partial charge on any atom is 0.243 e. The van der Waals surface area contributed by atoms with Crippen molar-refractivity contribution in [3.63, 3.8) is 0 Å². The van der Waals surface area contributed by atoms with Gasteiger partial charge in [-0.2, -0.15) is 9.29 Å². The maximum absolute atomic E-state index is 13.5. The summed E-state index contributed by atoms with van der Waals surface area (Å²) in [5.74, 6) is 0.289. The van der Waals surface area contributed by atoms with Gasteiger partial charge in [-0.05, 0) is 43.4 Å². The number of nitrogens with zero attached hydrogens (tertiary/aromatic N) is 3. The minimum atomic E-state index is -3.78. The number of nitrogens with one attached hydrogen (secondary N) is 1. The standard InChI is InChI=1S/C24H28N4O4S/c1-17-10-11-20(23-26-18(2)32-27-23)15-22(17)33(30,31)28-14-6-9-21(16-28)24(29)25-13-12-19-7-4-3-5-8-19/h3-5,7-8,10-11,15,21H,6,9,12-14,16H2,1-2H3,(H,25,29). The van der Waals surface area contributed by atoms with Crippen molar-refractivity contribution >= 4 is 15.9 Å². The summed E-state index contributed by atoms with van der Waals surface area (Å²) < 4.78 is 33.4. The number of hydrogen-bond acceptors (Lipinski definition) is 6. The summed E-state index contributed by atoms with van der Waals surface area (Å²) in [6, 6.07) is 15.0. The molecule has 33 heavy (non-hydrogen) atoms. The first-order chi connectivity index (χ1) is 15.8. The van der Waals surface area contributed by atoms with Crippen LogP contribution >= 0.6 is 0 Å². The number of rotatable bonds is 7. The van der Waals surface area contributed by atoms with Gasteiger partial charge in [-0.25, -0.2) is 8.42 Å². The van der Waals surface area contributed by atoms with Crippen molar-refractivity contribution in [2.75, 3.05) is 19.6 Å². The van der Waals surface area contributed by atoms with Crippen LogP contribution in [0.1, 0.15) is 29.9 Å². The molecule has 1 unspecified atom stereocenters. The van der Waals surface area contributed by atoms with Gasteiger partial charge < -0.3 is 9.84 Å². The first-order valence-electron chi connectivity index (χ1n) is 11.1. The summed E-state index contributed by atoms with van der Waals surface area (Å²) in [7, 11) is -3.78. The van der Waals surface area contributed by atoms with Gasteiger partial charge in [0.2, 0.25) is 27.6 Å². The molecule has 1 aliphatic rings. The lowest BCUT2D eigenvalue weighted by atomic mass is 9.99. The molecular weight excluding hydrogens is 440 g/mol. The molecule has 2 aromatic carbocycles. The first-order valence-corrected chi connectivity index (χ1v) is 12.5. The highest BCUT2D eigenvalue weighted by Gasteiger charge is 2.34. The average molecular weight is 469 g/mol. The molecule has 0 aliphatic carbocycles. The molecule has 9 heteroatoms. The Morgan fingerprint density at radius 1 is 1.18 bits per heavy atom. The minimum absolute atomic E-state index is 0.0985. The smallest absolute Gasteiger partial charge is 0.243 e. The van der Waals surface area contributed by atoms with E-state index in [4.69, 9.17) is 4.52 Å². The lowest BCUT2D eigenvalue weighted by molar-refractivity contribution is -0.126. The van der Waals surface area contributed by atoms with E-state index in [9.17, 15) is 13.2 Å². The highest BCUT2D eigenvalue weighted by atomic mass is 32.2. The van der Waals surface area contributed by atoms with Gasteiger partial charge in [-0.15, -0.1) is 0 Å². The zero-order valence-electron chi connectivity index (χ0n) is 18.8. The van der Waals surface area contributed by atoms with E-state index >= 15 is 0 Å². The molecule has 1 atom stereocenters. The lowest BCUT2D eigenvalue weighted by Crippen LogP contribution is -2.45. The maximum atomic E-state index is 13.5. The molecule has 2 heterocycles. The van der Waals surface area contributed by atoms with Crippen molar-refractivity contribution in [3.8, 4) is 11.4 Å². The molecule has 174 valence electrons. The van der Waals surface area contributed by atoms with Gasteiger partial charge in [0, 0.05) is 32.1 Å². The molecule has 0 bridgehead atoms. The second kappa shape index (κ2) is 9.84. The number of amides is 1. The monoisotopic (exact) mass is 468 g/mol. The Bertz CT molecular complexity index is 1220. The van der Waals surface area contributed by atoms with Crippen molar-refractivity contribution in [1.82, 2.24) is 19.8 Å².